The van der Waals surface area contributed by atoms with E-state index in [0.29, 0.717) is 0 Å². The number of hydrogen-bond acceptors (Lipinski definition) is 3. The average molecular weight is 190 g/mol. The standard InChI is InChI=1S/C7H8ClNOS/c1-10-5-2-3-7(11)6(4-5)9-8/h2-4,9,11H,1H3. The fraction of sp³-hybridized carbons (Fsp3) is 0.143. The van der Waals surface area contributed by atoms with Gasteiger partial charge in [0, 0.05) is 22.7 Å². The maximum absolute atomic E-state index is 5.41. The summed E-state index contributed by atoms with van der Waals surface area (Å²) in [6, 6.07) is 5.40. The number of halogens is 1. The Balaban J connectivity index is 3.02. The van der Waals surface area contributed by atoms with Crippen LogP contribution in [0.1, 0.15) is 0 Å². The van der Waals surface area contributed by atoms with Crippen molar-refractivity contribution in [1.29, 1.82) is 0 Å². The minimum atomic E-state index is 0.745. The number of methoxy groups -OCH3 is 1. The molecule has 0 aromatic heterocycles. The largest absolute Gasteiger partial charge is 0.497 e. The Labute approximate surface area is 76.0 Å². The summed E-state index contributed by atoms with van der Waals surface area (Å²) in [4.78, 5) is 3.28. The number of anilines is 1. The van der Waals surface area contributed by atoms with Crippen molar-refractivity contribution in [3.05, 3.63) is 18.2 Å². The van der Waals surface area contributed by atoms with Crippen molar-refractivity contribution in [2.45, 2.75) is 4.90 Å². The Bertz CT molecular complexity index is 254. The van der Waals surface area contributed by atoms with Gasteiger partial charge >= 0.3 is 0 Å². The first-order chi connectivity index (χ1) is 5.27. The van der Waals surface area contributed by atoms with E-state index in [-0.39, 0.29) is 0 Å². The molecule has 0 atom stereocenters. The Morgan fingerprint density at radius 2 is 2.27 bits per heavy atom. The molecule has 0 spiro atoms. The van der Waals surface area contributed by atoms with Gasteiger partial charge in [0.1, 0.15) is 5.75 Å². The molecule has 0 aliphatic heterocycles. The molecule has 1 aromatic rings. The summed E-state index contributed by atoms with van der Waals surface area (Å²) in [7, 11) is 1.60. The van der Waals surface area contributed by atoms with Crippen LogP contribution in [0.25, 0.3) is 0 Å². The zero-order valence-electron chi connectivity index (χ0n) is 5.97. The summed E-state index contributed by atoms with van der Waals surface area (Å²) in [5, 5.41) is 0. The molecule has 0 fully saturated rings. The summed E-state index contributed by atoms with van der Waals surface area (Å²) < 4.78 is 4.98. The quantitative estimate of drug-likeness (QED) is 0.551. The van der Waals surface area contributed by atoms with Crippen LogP contribution in [0, 0.1) is 0 Å². The summed E-state index contributed by atoms with van der Waals surface area (Å²) in [6.07, 6.45) is 0. The van der Waals surface area contributed by atoms with Crippen LogP contribution in [0.3, 0.4) is 0 Å². The third kappa shape index (κ3) is 1.94. The van der Waals surface area contributed by atoms with Gasteiger partial charge < -0.3 is 4.74 Å². The van der Waals surface area contributed by atoms with Crippen molar-refractivity contribution in [2.75, 3.05) is 11.9 Å². The Morgan fingerprint density at radius 1 is 1.55 bits per heavy atom. The lowest BCUT2D eigenvalue weighted by Crippen LogP contribution is -1.86. The van der Waals surface area contributed by atoms with Crippen LogP contribution < -0.4 is 9.57 Å². The van der Waals surface area contributed by atoms with Crippen LogP contribution in [0.15, 0.2) is 23.1 Å². The lowest BCUT2D eigenvalue weighted by Gasteiger charge is -2.04. The van der Waals surface area contributed by atoms with Gasteiger partial charge in [-0.05, 0) is 12.1 Å². The minimum Gasteiger partial charge on any atom is -0.497 e. The molecule has 0 heterocycles. The van der Waals surface area contributed by atoms with Crippen molar-refractivity contribution >= 4 is 30.1 Å². The average Bonchev–Trinajstić information content (AvgIpc) is 2.05. The number of thiol groups is 1. The fourth-order valence-corrected chi connectivity index (χ4v) is 1.14. The van der Waals surface area contributed by atoms with Crippen molar-refractivity contribution in [3.63, 3.8) is 0 Å². The lowest BCUT2D eigenvalue weighted by molar-refractivity contribution is 0.415. The van der Waals surface area contributed by atoms with Gasteiger partial charge in [-0.25, -0.2) is 0 Å². The van der Waals surface area contributed by atoms with E-state index in [1.807, 2.05) is 12.1 Å². The van der Waals surface area contributed by atoms with Crippen molar-refractivity contribution in [1.82, 2.24) is 0 Å². The van der Waals surface area contributed by atoms with E-state index in [0.717, 1.165) is 16.3 Å². The monoisotopic (exact) mass is 189 g/mol. The van der Waals surface area contributed by atoms with Gasteiger partial charge in [-0.15, -0.1) is 12.6 Å². The number of ether oxygens (including phenoxy) is 1. The molecule has 1 aromatic carbocycles. The number of hydrogen-bond donors (Lipinski definition) is 2. The van der Waals surface area contributed by atoms with E-state index < -0.39 is 0 Å². The van der Waals surface area contributed by atoms with E-state index in [9.17, 15) is 0 Å². The predicted octanol–water partition coefficient (Wildman–Crippen LogP) is 2.55. The molecule has 0 aliphatic rings. The SMILES string of the molecule is COc1ccc(S)c(NCl)c1. The van der Waals surface area contributed by atoms with E-state index in [2.05, 4.69) is 17.5 Å². The van der Waals surface area contributed by atoms with E-state index in [1.54, 1.807) is 13.2 Å². The zero-order chi connectivity index (χ0) is 8.27. The molecule has 0 amide bonds. The van der Waals surface area contributed by atoms with Gasteiger partial charge in [0.2, 0.25) is 0 Å². The highest BCUT2D eigenvalue weighted by Crippen LogP contribution is 2.25. The number of nitrogens with one attached hydrogen (secondary N) is 1. The first-order valence-corrected chi connectivity index (χ1v) is 3.84. The summed E-state index contributed by atoms with van der Waals surface area (Å²) in [5.41, 5.74) is 0.745. The minimum absolute atomic E-state index is 0.745. The summed E-state index contributed by atoms with van der Waals surface area (Å²) in [6.45, 7) is 0. The van der Waals surface area contributed by atoms with E-state index in [4.69, 9.17) is 16.5 Å². The highest BCUT2D eigenvalue weighted by Gasteiger charge is 1.98. The molecule has 60 valence electrons. The van der Waals surface area contributed by atoms with Crippen LogP contribution in [0.4, 0.5) is 5.69 Å². The van der Waals surface area contributed by atoms with Crippen molar-refractivity contribution < 1.29 is 4.74 Å². The molecule has 1 rings (SSSR count). The van der Waals surface area contributed by atoms with E-state index >= 15 is 0 Å². The Kier molecular flexibility index (Phi) is 2.91. The van der Waals surface area contributed by atoms with Gasteiger partial charge in [0.25, 0.3) is 0 Å². The van der Waals surface area contributed by atoms with Gasteiger partial charge in [0.05, 0.1) is 12.8 Å². The van der Waals surface area contributed by atoms with Gasteiger partial charge in [0.15, 0.2) is 0 Å². The molecule has 0 saturated carbocycles. The first kappa shape index (κ1) is 8.56. The fourth-order valence-electron chi connectivity index (χ4n) is 0.718. The second-order valence-electron chi connectivity index (χ2n) is 1.98. The molecule has 0 radical (unpaired) electrons. The molecule has 0 aliphatic carbocycles. The van der Waals surface area contributed by atoms with E-state index in [1.165, 1.54) is 0 Å². The zero-order valence-corrected chi connectivity index (χ0v) is 7.62. The second-order valence-corrected chi connectivity index (χ2v) is 2.65. The predicted molar refractivity (Wildman–Crippen MR) is 49.7 cm³/mol. The third-order valence-electron chi connectivity index (χ3n) is 1.31. The molecule has 0 bridgehead atoms. The summed E-state index contributed by atoms with van der Waals surface area (Å²) in [5.74, 6) is 0.756. The molecule has 2 nitrogen and oxygen atoms in total. The highest BCUT2D eigenvalue weighted by atomic mass is 35.5. The van der Waals surface area contributed by atoms with Crippen LogP contribution in [0.2, 0.25) is 0 Å². The molecular formula is C7H8ClNOS. The third-order valence-corrected chi connectivity index (χ3v) is 1.90. The molecule has 1 N–H and O–H groups in total. The molecule has 4 heteroatoms. The van der Waals surface area contributed by atoms with Crippen LogP contribution >= 0.6 is 24.4 Å². The maximum atomic E-state index is 5.41. The second kappa shape index (κ2) is 3.74. The van der Waals surface area contributed by atoms with Crippen molar-refractivity contribution in [2.24, 2.45) is 0 Å². The Morgan fingerprint density at radius 3 is 2.82 bits per heavy atom. The lowest BCUT2D eigenvalue weighted by atomic mass is 10.3. The summed E-state index contributed by atoms with van der Waals surface area (Å²) >= 11 is 9.57. The van der Waals surface area contributed by atoms with Gasteiger partial charge in [-0.1, -0.05) is 0 Å². The van der Waals surface area contributed by atoms with Crippen LogP contribution in [-0.4, -0.2) is 7.11 Å². The number of benzene rings is 1. The topological polar surface area (TPSA) is 21.3 Å². The van der Waals surface area contributed by atoms with Gasteiger partial charge in [-0.2, -0.15) is 0 Å². The molecular weight excluding hydrogens is 182 g/mol. The maximum Gasteiger partial charge on any atom is 0.121 e. The van der Waals surface area contributed by atoms with Crippen LogP contribution in [-0.2, 0) is 0 Å². The molecule has 0 unspecified atom stereocenters. The normalized spacial score (nSPS) is 9.36. The molecule has 0 saturated heterocycles. The smallest absolute Gasteiger partial charge is 0.121 e. The molecule has 11 heavy (non-hydrogen) atoms. The number of rotatable bonds is 2. The van der Waals surface area contributed by atoms with Crippen LogP contribution in [0.5, 0.6) is 5.75 Å². The Hall–Kier alpha value is -0.540. The van der Waals surface area contributed by atoms with Gasteiger partial charge in [-0.3, -0.25) is 4.84 Å². The van der Waals surface area contributed by atoms with Crippen molar-refractivity contribution in [3.8, 4) is 5.75 Å². The first-order valence-electron chi connectivity index (χ1n) is 3.01. The highest BCUT2D eigenvalue weighted by molar-refractivity contribution is 7.80.